The first-order chi connectivity index (χ1) is 15.5. The average Bonchev–Trinajstić information content (AvgIpc) is 3.06. The lowest BCUT2D eigenvalue weighted by Crippen LogP contribution is -2.41. The van der Waals surface area contributed by atoms with E-state index >= 15 is 0 Å². The van der Waals surface area contributed by atoms with Crippen LogP contribution in [0, 0.1) is 6.92 Å². The number of fused-ring (bicyclic) bond motifs is 3. The van der Waals surface area contributed by atoms with Crippen LogP contribution in [0.1, 0.15) is 46.0 Å². The largest absolute Gasteiger partial charge is 0.323 e. The number of nitrogens with one attached hydrogen (secondary N) is 2. The molecule has 1 aliphatic carbocycles. The maximum absolute atomic E-state index is 13.6. The molecule has 0 spiro atoms. The van der Waals surface area contributed by atoms with Gasteiger partial charge >= 0.3 is 6.03 Å². The first-order valence-electron chi connectivity index (χ1n) is 10.8. The van der Waals surface area contributed by atoms with Gasteiger partial charge < -0.3 is 15.5 Å². The van der Waals surface area contributed by atoms with Crippen LogP contribution in [0.15, 0.2) is 48.5 Å². The molecule has 0 unspecified atom stereocenters. The Morgan fingerprint density at radius 1 is 1.16 bits per heavy atom. The highest BCUT2D eigenvalue weighted by atomic mass is 35.5. The van der Waals surface area contributed by atoms with Crippen LogP contribution < -0.4 is 10.6 Å². The molecule has 1 aliphatic heterocycles. The Bertz CT molecular complexity index is 1190. The molecule has 0 fully saturated rings. The fourth-order valence-corrected chi connectivity index (χ4v) is 6.14. The van der Waals surface area contributed by atoms with E-state index in [0.717, 1.165) is 47.4 Å². The fourth-order valence-electron chi connectivity index (χ4n) is 4.63. The second-order valence-corrected chi connectivity index (χ2v) is 9.87. The molecule has 7 heteroatoms. The normalized spacial score (nSPS) is 17.8. The molecule has 32 heavy (non-hydrogen) atoms. The first kappa shape index (κ1) is 21.0. The Balaban J connectivity index is 1.62. The summed E-state index contributed by atoms with van der Waals surface area (Å²) in [7, 11) is 0. The van der Waals surface area contributed by atoms with Gasteiger partial charge in [-0.05, 0) is 61.4 Å². The van der Waals surface area contributed by atoms with Crippen LogP contribution >= 0.6 is 22.9 Å². The summed E-state index contributed by atoms with van der Waals surface area (Å²) < 4.78 is 0. The van der Waals surface area contributed by atoms with Crippen LogP contribution in [0.4, 0.5) is 15.5 Å². The lowest BCUT2D eigenvalue weighted by molar-refractivity contribution is -0.116. The van der Waals surface area contributed by atoms with Crippen LogP contribution in [-0.4, -0.2) is 23.4 Å². The monoisotopic (exact) mass is 465 g/mol. The summed E-state index contributed by atoms with van der Waals surface area (Å²) in [6.45, 7) is 1.89. The number of thiophene rings is 1. The number of carbonyl (C=O) groups is 2. The zero-order valence-electron chi connectivity index (χ0n) is 17.8. The molecule has 5 nitrogen and oxygen atoms in total. The van der Waals surface area contributed by atoms with E-state index in [4.69, 9.17) is 11.6 Å². The number of rotatable bonds is 2. The number of halogens is 1. The minimum absolute atomic E-state index is 0.0266. The van der Waals surface area contributed by atoms with Gasteiger partial charge in [0.1, 0.15) is 11.5 Å². The zero-order chi connectivity index (χ0) is 22.2. The van der Waals surface area contributed by atoms with Crippen molar-refractivity contribution >= 4 is 45.6 Å². The molecular weight excluding hydrogens is 442 g/mol. The van der Waals surface area contributed by atoms with Gasteiger partial charge in [0.15, 0.2) is 0 Å². The molecule has 3 amide bonds. The molecule has 5 rings (SSSR count). The Morgan fingerprint density at radius 2 is 1.94 bits per heavy atom. The van der Waals surface area contributed by atoms with E-state index in [1.165, 1.54) is 10.4 Å². The molecule has 164 valence electrons. The molecule has 1 aromatic heterocycles. The SMILES string of the molecule is Cc1ccc(Cl)cc1NC(=O)N1CC(=O)Nc2sc3c(c2[C@@H]1c1ccccc1)CCCC3. The van der Waals surface area contributed by atoms with E-state index < -0.39 is 0 Å². The molecule has 0 radical (unpaired) electrons. The number of carbonyl (C=O) groups excluding carboxylic acids is 2. The van der Waals surface area contributed by atoms with Crippen LogP contribution in [0.3, 0.4) is 0 Å². The summed E-state index contributed by atoms with van der Waals surface area (Å²) in [4.78, 5) is 29.5. The third kappa shape index (κ3) is 3.89. The standard InChI is InChI=1S/C25H24ClN3O2S/c1-15-11-12-17(26)13-19(15)27-25(31)29-14-21(30)28-24-22(18-9-5-6-10-20(18)32-24)23(29)16-7-3-2-4-8-16/h2-4,7-8,11-13,23H,5-6,9-10,14H2,1H3,(H,27,31)(H,28,30)/t23-/m0/s1. The smallest absolute Gasteiger partial charge is 0.316 e. The van der Waals surface area contributed by atoms with Crippen molar-refractivity contribution in [2.45, 2.75) is 38.6 Å². The number of amides is 3. The fraction of sp³-hybridized carbons (Fsp3) is 0.280. The van der Waals surface area contributed by atoms with Gasteiger partial charge in [-0.15, -0.1) is 11.3 Å². The second kappa shape index (κ2) is 8.60. The first-order valence-corrected chi connectivity index (χ1v) is 12.0. The summed E-state index contributed by atoms with van der Waals surface area (Å²) in [5, 5.41) is 7.51. The number of nitrogens with zero attached hydrogens (tertiary/aromatic N) is 1. The summed E-state index contributed by atoms with van der Waals surface area (Å²) in [6.07, 6.45) is 4.29. The van der Waals surface area contributed by atoms with Crippen molar-refractivity contribution < 1.29 is 9.59 Å². The van der Waals surface area contributed by atoms with Crippen molar-refractivity contribution in [3.8, 4) is 0 Å². The Hall–Kier alpha value is -2.83. The van der Waals surface area contributed by atoms with Crippen LogP contribution in [0.2, 0.25) is 5.02 Å². The maximum atomic E-state index is 13.6. The van der Waals surface area contributed by atoms with Gasteiger partial charge in [0.25, 0.3) is 0 Å². The van der Waals surface area contributed by atoms with E-state index in [2.05, 4.69) is 10.6 Å². The minimum atomic E-state index is -0.345. The van der Waals surface area contributed by atoms with Gasteiger partial charge in [0, 0.05) is 21.2 Å². The number of hydrogen-bond acceptors (Lipinski definition) is 3. The van der Waals surface area contributed by atoms with Gasteiger partial charge in [-0.3, -0.25) is 4.79 Å². The second-order valence-electron chi connectivity index (χ2n) is 8.33. The molecule has 0 saturated carbocycles. The molecular formula is C25H24ClN3O2S. The van der Waals surface area contributed by atoms with Crippen molar-refractivity contribution in [3.63, 3.8) is 0 Å². The molecule has 0 saturated heterocycles. The van der Waals surface area contributed by atoms with E-state index in [1.807, 2.05) is 43.3 Å². The Labute approximate surface area is 196 Å². The van der Waals surface area contributed by atoms with Crippen LogP contribution in [0.5, 0.6) is 0 Å². The van der Waals surface area contributed by atoms with Gasteiger partial charge in [-0.25, -0.2) is 4.79 Å². The Morgan fingerprint density at radius 3 is 2.75 bits per heavy atom. The topological polar surface area (TPSA) is 61.4 Å². The molecule has 2 N–H and O–H groups in total. The molecule has 2 heterocycles. The summed E-state index contributed by atoms with van der Waals surface area (Å²) >= 11 is 7.83. The van der Waals surface area contributed by atoms with Crippen molar-refractivity contribution in [1.29, 1.82) is 0 Å². The van der Waals surface area contributed by atoms with Gasteiger partial charge in [-0.1, -0.05) is 48.0 Å². The van der Waals surface area contributed by atoms with Gasteiger partial charge in [0.05, 0.1) is 6.04 Å². The van der Waals surface area contributed by atoms with Crippen molar-refractivity contribution in [3.05, 3.63) is 80.7 Å². The summed E-state index contributed by atoms with van der Waals surface area (Å²) in [5.74, 6) is -0.179. The number of aryl methyl sites for hydroxylation is 2. The van der Waals surface area contributed by atoms with Crippen molar-refractivity contribution in [1.82, 2.24) is 4.90 Å². The van der Waals surface area contributed by atoms with E-state index in [1.54, 1.807) is 28.4 Å². The molecule has 1 atom stereocenters. The minimum Gasteiger partial charge on any atom is -0.316 e. The zero-order valence-corrected chi connectivity index (χ0v) is 19.4. The summed E-state index contributed by atoms with van der Waals surface area (Å²) in [5.41, 5.74) is 4.91. The molecule has 2 aliphatic rings. The van der Waals surface area contributed by atoms with Crippen molar-refractivity contribution in [2.75, 3.05) is 17.2 Å². The average molecular weight is 466 g/mol. The van der Waals surface area contributed by atoms with Gasteiger partial charge in [0.2, 0.25) is 5.91 Å². The molecule has 0 bridgehead atoms. The predicted octanol–water partition coefficient (Wildman–Crippen LogP) is 6.16. The van der Waals surface area contributed by atoms with Crippen molar-refractivity contribution in [2.24, 2.45) is 0 Å². The molecule has 3 aromatic rings. The number of anilines is 2. The third-order valence-electron chi connectivity index (χ3n) is 6.18. The van der Waals surface area contributed by atoms with E-state index in [0.29, 0.717) is 10.7 Å². The maximum Gasteiger partial charge on any atom is 0.323 e. The quantitative estimate of drug-likeness (QED) is 0.475. The van der Waals surface area contributed by atoms with E-state index in [-0.39, 0.29) is 24.5 Å². The highest BCUT2D eigenvalue weighted by Crippen LogP contribution is 2.46. The number of urea groups is 1. The molecule has 2 aromatic carbocycles. The van der Waals surface area contributed by atoms with E-state index in [9.17, 15) is 9.59 Å². The summed E-state index contributed by atoms with van der Waals surface area (Å²) in [6, 6.07) is 14.7. The lowest BCUT2D eigenvalue weighted by atomic mass is 9.89. The number of benzene rings is 2. The highest BCUT2D eigenvalue weighted by Gasteiger charge is 2.38. The van der Waals surface area contributed by atoms with Crippen LogP contribution in [0.25, 0.3) is 0 Å². The predicted molar refractivity (Wildman–Crippen MR) is 130 cm³/mol. The Kier molecular flexibility index (Phi) is 5.66. The number of hydrogen-bond donors (Lipinski definition) is 2. The third-order valence-corrected chi connectivity index (χ3v) is 7.64. The highest BCUT2D eigenvalue weighted by molar-refractivity contribution is 7.16. The van der Waals surface area contributed by atoms with Crippen LogP contribution in [-0.2, 0) is 17.6 Å². The van der Waals surface area contributed by atoms with Gasteiger partial charge in [-0.2, -0.15) is 0 Å². The lowest BCUT2D eigenvalue weighted by Gasteiger charge is -2.31.